The standard InChI is InChI=1S/C37H41NO5/c39-35(31-14-10-9-11-15-31)25-18-29-16-21-32(22-17-29)42-26-12-7-5-3-1-2-4-6-8-13-27-43-33-23-19-30(20-24-33)34-28-36(40)38-37(34)41/h9-11,14-25,28H,1-8,12-13,26-27H2,(H,38,40,41). The maximum atomic E-state index is 12.2. The molecule has 0 bridgehead atoms. The summed E-state index contributed by atoms with van der Waals surface area (Å²) in [6.45, 7) is 1.41. The SMILES string of the molecule is O=C1C=C(c2ccc(OCCCCCCCCCCCCOc3ccc(C=CC(=O)c4ccccc4)cc3)cc2)C(=O)N1. The molecule has 2 amide bonds. The number of carbonyl (C=O) groups is 3. The summed E-state index contributed by atoms with van der Waals surface area (Å²) in [6.07, 6.45) is 16.8. The van der Waals surface area contributed by atoms with Crippen LogP contribution in [-0.2, 0) is 9.59 Å². The summed E-state index contributed by atoms with van der Waals surface area (Å²) in [5, 5.41) is 2.26. The van der Waals surface area contributed by atoms with E-state index in [1.165, 1.54) is 51.0 Å². The molecule has 0 atom stereocenters. The number of amides is 2. The topological polar surface area (TPSA) is 81.7 Å². The maximum absolute atomic E-state index is 12.2. The van der Waals surface area contributed by atoms with Gasteiger partial charge in [-0.25, -0.2) is 0 Å². The third-order valence-corrected chi connectivity index (χ3v) is 7.36. The average molecular weight is 580 g/mol. The van der Waals surface area contributed by atoms with Crippen molar-refractivity contribution in [3.8, 4) is 11.5 Å². The first kappa shape index (κ1) is 31.5. The minimum Gasteiger partial charge on any atom is -0.494 e. The van der Waals surface area contributed by atoms with Gasteiger partial charge < -0.3 is 9.47 Å². The number of hydrogen-bond acceptors (Lipinski definition) is 5. The van der Waals surface area contributed by atoms with E-state index in [0.717, 1.165) is 48.5 Å². The molecule has 0 saturated carbocycles. The zero-order valence-corrected chi connectivity index (χ0v) is 24.8. The van der Waals surface area contributed by atoms with E-state index in [4.69, 9.17) is 9.47 Å². The van der Waals surface area contributed by atoms with Gasteiger partial charge in [-0.2, -0.15) is 0 Å². The van der Waals surface area contributed by atoms with Crippen molar-refractivity contribution in [3.63, 3.8) is 0 Å². The molecule has 0 spiro atoms. The molecule has 1 heterocycles. The Kier molecular flexibility index (Phi) is 12.8. The summed E-state index contributed by atoms with van der Waals surface area (Å²) in [4.78, 5) is 35.2. The maximum Gasteiger partial charge on any atom is 0.258 e. The Labute approximate surface area is 254 Å². The predicted molar refractivity (Wildman–Crippen MR) is 171 cm³/mol. The summed E-state index contributed by atoms with van der Waals surface area (Å²) in [6, 6.07) is 24.4. The van der Waals surface area contributed by atoms with Gasteiger partial charge in [-0.15, -0.1) is 0 Å². The number of rotatable bonds is 19. The number of nitrogens with one attached hydrogen (secondary N) is 1. The van der Waals surface area contributed by atoms with Crippen LogP contribution < -0.4 is 14.8 Å². The third-order valence-electron chi connectivity index (χ3n) is 7.36. The minimum atomic E-state index is -0.370. The molecular formula is C37H41NO5. The fraction of sp³-hybridized carbons (Fsp3) is 0.324. The summed E-state index contributed by atoms with van der Waals surface area (Å²) in [5.41, 5.74) is 2.78. The highest BCUT2D eigenvalue weighted by Gasteiger charge is 2.21. The molecule has 0 saturated heterocycles. The molecule has 1 aliphatic heterocycles. The van der Waals surface area contributed by atoms with E-state index in [2.05, 4.69) is 5.32 Å². The average Bonchev–Trinajstić information content (AvgIpc) is 3.38. The van der Waals surface area contributed by atoms with Crippen LogP contribution in [-0.4, -0.2) is 30.8 Å². The van der Waals surface area contributed by atoms with Gasteiger partial charge in [0, 0.05) is 11.6 Å². The lowest BCUT2D eigenvalue weighted by atomic mass is 10.1. The van der Waals surface area contributed by atoms with E-state index in [1.807, 2.05) is 84.9 Å². The first-order valence-corrected chi connectivity index (χ1v) is 15.4. The Balaban J connectivity index is 0.944. The lowest BCUT2D eigenvalue weighted by molar-refractivity contribution is -0.123. The van der Waals surface area contributed by atoms with Crippen molar-refractivity contribution in [2.45, 2.75) is 64.2 Å². The largest absolute Gasteiger partial charge is 0.494 e. The summed E-state index contributed by atoms with van der Waals surface area (Å²) >= 11 is 0. The molecular weight excluding hydrogens is 538 g/mol. The highest BCUT2D eigenvalue weighted by molar-refractivity contribution is 6.33. The molecule has 0 aliphatic carbocycles. The second-order valence-electron chi connectivity index (χ2n) is 10.8. The van der Waals surface area contributed by atoms with Crippen LogP contribution in [0.5, 0.6) is 11.5 Å². The Morgan fingerprint density at radius 3 is 1.65 bits per heavy atom. The Hall–Kier alpha value is -4.45. The molecule has 0 fully saturated rings. The number of allylic oxidation sites excluding steroid dienone is 1. The molecule has 4 rings (SSSR count). The zero-order chi connectivity index (χ0) is 30.1. The molecule has 3 aromatic rings. The summed E-state index contributed by atoms with van der Waals surface area (Å²) < 4.78 is 11.7. The van der Waals surface area contributed by atoms with Gasteiger partial charge in [0.25, 0.3) is 11.8 Å². The van der Waals surface area contributed by atoms with Crippen molar-refractivity contribution < 1.29 is 23.9 Å². The van der Waals surface area contributed by atoms with Crippen LogP contribution in [0.2, 0.25) is 0 Å². The summed E-state index contributed by atoms with van der Waals surface area (Å²) in [5.74, 6) is 0.915. The van der Waals surface area contributed by atoms with Gasteiger partial charge in [0.05, 0.1) is 18.8 Å². The van der Waals surface area contributed by atoms with Gasteiger partial charge in [0.1, 0.15) is 11.5 Å². The van der Waals surface area contributed by atoms with Gasteiger partial charge in [0.2, 0.25) is 0 Å². The van der Waals surface area contributed by atoms with Crippen molar-refractivity contribution in [2.24, 2.45) is 0 Å². The van der Waals surface area contributed by atoms with E-state index in [1.54, 1.807) is 6.08 Å². The lowest BCUT2D eigenvalue weighted by Crippen LogP contribution is -2.21. The molecule has 0 radical (unpaired) electrons. The number of ether oxygens (including phenoxy) is 2. The number of hydrogen-bond donors (Lipinski definition) is 1. The zero-order valence-electron chi connectivity index (χ0n) is 24.8. The smallest absolute Gasteiger partial charge is 0.258 e. The lowest BCUT2D eigenvalue weighted by Gasteiger charge is -2.08. The van der Waals surface area contributed by atoms with Crippen LogP contribution in [0.3, 0.4) is 0 Å². The van der Waals surface area contributed by atoms with Gasteiger partial charge in [0.15, 0.2) is 5.78 Å². The molecule has 1 aliphatic rings. The van der Waals surface area contributed by atoms with E-state index in [-0.39, 0.29) is 17.6 Å². The fourth-order valence-electron chi connectivity index (χ4n) is 4.90. The van der Waals surface area contributed by atoms with Crippen molar-refractivity contribution in [1.82, 2.24) is 5.32 Å². The van der Waals surface area contributed by atoms with Gasteiger partial charge in [-0.05, 0) is 54.3 Å². The molecule has 6 heteroatoms. The first-order chi connectivity index (χ1) is 21.1. The number of unbranched alkanes of at least 4 members (excludes halogenated alkanes) is 9. The van der Waals surface area contributed by atoms with E-state index in [0.29, 0.717) is 17.7 Å². The van der Waals surface area contributed by atoms with Gasteiger partial charge >= 0.3 is 0 Å². The monoisotopic (exact) mass is 579 g/mol. The fourth-order valence-corrected chi connectivity index (χ4v) is 4.90. The van der Waals surface area contributed by atoms with Crippen LogP contribution in [0, 0.1) is 0 Å². The number of benzene rings is 3. The van der Waals surface area contributed by atoms with E-state index < -0.39 is 0 Å². The minimum absolute atomic E-state index is 0.000275. The second kappa shape index (κ2) is 17.5. The molecule has 1 N–H and O–H groups in total. The number of ketones is 1. The Morgan fingerprint density at radius 2 is 1.14 bits per heavy atom. The van der Waals surface area contributed by atoms with Crippen LogP contribution >= 0.6 is 0 Å². The van der Waals surface area contributed by atoms with Crippen LogP contribution in [0.15, 0.2) is 91.0 Å². The molecule has 43 heavy (non-hydrogen) atoms. The van der Waals surface area contributed by atoms with Crippen molar-refractivity contribution in [2.75, 3.05) is 13.2 Å². The molecule has 6 nitrogen and oxygen atoms in total. The van der Waals surface area contributed by atoms with Crippen LogP contribution in [0.25, 0.3) is 11.6 Å². The first-order valence-electron chi connectivity index (χ1n) is 15.4. The van der Waals surface area contributed by atoms with Gasteiger partial charge in [-0.1, -0.05) is 112 Å². The Morgan fingerprint density at radius 1 is 0.628 bits per heavy atom. The quantitative estimate of drug-likeness (QED) is 0.0674. The third kappa shape index (κ3) is 11.0. The van der Waals surface area contributed by atoms with E-state index in [9.17, 15) is 14.4 Å². The van der Waals surface area contributed by atoms with Crippen LogP contribution in [0.4, 0.5) is 0 Å². The van der Waals surface area contributed by atoms with Crippen LogP contribution in [0.1, 0.15) is 85.7 Å². The van der Waals surface area contributed by atoms with Crippen molar-refractivity contribution in [1.29, 1.82) is 0 Å². The molecule has 0 aromatic heterocycles. The van der Waals surface area contributed by atoms with Crippen molar-refractivity contribution >= 4 is 29.2 Å². The molecule has 0 unspecified atom stereocenters. The normalized spacial score (nSPS) is 12.8. The highest BCUT2D eigenvalue weighted by atomic mass is 16.5. The second-order valence-corrected chi connectivity index (χ2v) is 10.8. The highest BCUT2D eigenvalue weighted by Crippen LogP contribution is 2.22. The predicted octanol–water partition coefficient (Wildman–Crippen LogP) is 7.98. The summed E-state index contributed by atoms with van der Waals surface area (Å²) in [7, 11) is 0. The molecule has 224 valence electrons. The van der Waals surface area contributed by atoms with Gasteiger partial charge in [-0.3, -0.25) is 19.7 Å². The van der Waals surface area contributed by atoms with Crippen molar-refractivity contribution in [3.05, 3.63) is 108 Å². The Bertz CT molecular complexity index is 1370. The molecule has 3 aromatic carbocycles. The number of carbonyl (C=O) groups excluding carboxylic acids is 3. The van der Waals surface area contributed by atoms with E-state index >= 15 is 0 Å². The number of imide groups is 1.